The molecule has 0 aliphatic carbocycles. The van der Waals surface area contributed by atoms with Crippen molar-refractivity contribution in [3.05, 3.63) is 71.3 Å². The third-order valence-electron chi connectivity index (χ3n) is 4.05. The van der Waals surface area contributed by atoms with E-state index in [9.17, 15) is 4.79 Å². The second-order valence-electron chi connectivity index (χ2n) is 6.28. The van der Waals surface area contributed by atoms with Crippen LogP contribution in [0.1, 0.15) is 18.1 Å². The average molecular weight is 441 g/mol. The van der Waals surface area contributed by atoms with Crippen LogP contribution in [0.15, 0.2) is 64.3 Å². The summed E-state index contributed by atoms with van der Waals surface area (Å²) in [6, 6.07) is 16.6. The lowest BCUT2D eigenvalue weighted by Crippen LogP contribution is -2.12. The van der Waals surface area contributed by atoms with Gasteiger partial charge in [0.15, 0.2) is 11.6 Å². The third kappa shape index (κ3) is 5.46. The van der Waals surface area contributed by atoms with E-state index in [0.717, 1.165) is 11.3 Å². The van der Waals surface area contributed by atoms with E-state index in [1.807, 2.05) is 42.5 Å². The van der Waals surface area contributed by atoms with E-state index in [4.69, 9.17) is 16.1 Å². The normalized spacial score (nSPS) is 10.8. The van der Waals surface area contributed by atoms with Gasteiger partial charge in [-0.25, -0.2) is 4.98 Å². The molecule has 2 aromatic heterocycles. The highest BCUT2D eigenvalue weighted by Gasteiger charge is 2.12. The van der Waals surface area contributed by atoms with Crippen LogP contribution in [0.4, 0.5) is 5.69 Å². The molecule has 2 heterocycles. The lowest BCUT2D eigenvalue weighted by Gasteiger charge is -2.02. The van der Waals surface area contributed by atoms with Gasteiger partial charge in [-0.15, -0.1) is 5.10 Å². The number of anilines is 1. The number of thioether (sulfide) groups is 1. The zero-order chi connectivity index (χ0) is 20.8. The molecule has 4 aromatic rings. The van der Waals surface area contributed by atoms with E-state index in [2.05, 4.69) is 30.6 Å². The van der Waals surface area contributed by atoms with Crippen LogP contribution in [0, 0.1) is 0 Å². The van der Waals surface area contributed by atoms with E-state index in [0.29, 0.717) is 39.9 Å². The van der Waals surface area contributed by atoms with Gasteiger partial charge in [0.05, 0.1) is 5.75 Å². The van der Waals surface area contributed by atoms with Crippen LogP contribution < -0.4 is 5.32 Å². The van der Waals surface area contributed by atoms with E-state index in [1.165, 1.54) is 11.8 Å². The summed E-state index contributed by atoms with van der Waals surface area (Å²) in [5.41, 5.74) is 1.66. The molecule has 0 bridgehead atoms. The number of aryl methyl sites for hydroxylation is 1. The number of aromatic amines is 1. The first kappa shape index (κ1) is 20.1. The number of carbonyl (C=O) groups is 1. The van der Waals surface area contributed by atoms with E-state index < -0.39 is 0 Å². The molecule has 0 saturated heterocycles. The van der Waals surface area contributed by atoms with E-state index in [1.54, 1.807) is 12.1 Å². The SMILES string of the molecule is O=C(CCc1nc(CSc2n[nH]c(-c3ccc(Cl)cc3)n2)no1)Nc1ccccc1. The molecule has 0 atom stereocenters. The number of benzene rings is 2. The summed E-state index contributed by atoms with van der Waals surface area (Å²) < 4.78 is 5.22. The Bertz CT molecular complexity index is 1110. The van der Waals surface area contributed by atoms with Gasteiger partial charge in [-0.2, -0.15) is 4.98 Å². The van der Waals surface area contributed by atoms with Gasteiger partial charge in [-0.05, 0) is 36.4 Å². The summed E-state index contributed by atoms with van der Waals surface area (Å²) >= 11 is 7.29. The number of H-pyrrole nitrogens is 1. The van der Waals surface area contributed by atoms with Crippen LogP contribution in [0.5, 0.6) is 0 Å². The number of rotatable bonds is 8. The maximum Gasteiger partial charge on any atom is 0.227 e. The van der Waals surface area contributed by atoms with Crippen molar-refractivity contribution in [1.82, 2.24) is 25.3 Å². The number of hydrogen-bond donors (Lipinski definition) is 2. The number of hydrogen-bond acceptors (Lipinski definition) is 7. The second kappa shape index (κ2) is 9.55. The van der Waals surface area contributed by atoms with Crippen molar-refractivity contribution in [3.63, 3.8) is 0 Å². The average Bonchev–Trinajstić information content (AvgIpc) is 3.42. The smallest absolute Gasteiger partial charge is 0.227 e. The first-order chi connectivity index (χ1) is 14.7. The summed E-state index contributed by atoms with van der Waals surface area (Å²) in [7, 11) is 0. The van der Waals surface area contributed by atoms with Crippen molar-refractivity contribution in [1.29, 1.82) is 0 Å². The maximum absolute atomic E-state index is 12.0. The molecule has 2 aromatic carbocycles. The molecule has 0 aliphatic rings. The number of amides is 1. The van der Waals surface area contributed by atoms with Crippen molar-refractivity contribution >= 4 is 35.0 Å². The van der Waals surface area contributed by atoms with Crippen molar-refractivity contribution in [2.75, 3.05) is 5.32 Å². The molecule has 2 N–H and O–H groups in total. The molecule has 0 saturated carbocycles. The lowest BCUT2D eigenvalue weighted by atomic mass is 10.2. The number of carbonyl (C=O) groups excluding carboxylic acids is 1. The van der Waals surface area contributed by atoms with Crippen LogP contribution in [0.2, 0.25) is 5.02 Å². The van der Waals surface area contributed by atoms with Crippen LogP contribution in [-0.4, -0.2) is 31.2 Å². The van der Waals surface area contributed by atoms with Crippen molar-refractivity contribution in [2.45, 2.75) is 23.8 Å². The Morgan fingerprint density at radius 1 is 1.10 bits per heavy atom. The highest BCUT2D eigenvalue weighted by atomic mass is 35.5. The fraction of sp³-hybridized carbons (Fsp3) is 0.150. The third-order valence-corrected chi connectivity index (χ3v) is 5.14. The minimum atomic E-state index is -0.106. The molecule has 30 heavy (non-hydrogen) atoms. The van der Waals surface area contributed by atoms with Gasteiger partial charge >= 0.3 is 0 Å². The van der Waals surface area contributed by atoms with Gasteiger partial charge in [-0.1, -0.05) is 46.7 Å². The Hall–Kier alpha value is -3.17. The molecular formula is C20H17ClN6O2S. The standard InChI is InChI=1S/C20H17ClN6O2S/c21-14-8-6-13(7-9-14)19-24-20(26-25-19)30-12-16-23-18(29-27-16)11-10-17(28)22-15-4-2-1-3-5-15/h1-9H,10-12H2,(H,22,28)(H,24,25,26). The van der Waals surface area contributed by atoms with Crippen molar-refractivity contribution < 1.29 is 9.32 Å². The van der Waals surface area contributed by atoms with Gasteiger partial charge in [0.25, 0.3) is 0 Å². The fourth-order valence-corrected chi connectivity index (χ4v) is 3.36. The zero-order valence-electron chi connectivity index (χ0n) is 15.7. The molecule has 4 rings (SSSR count). The first-order valence-corrected chi connectivity index (χ1v) is 10.5. The maximum atomic E-state index is 12.0. The van der Waals surface area contributed by atoms with Crippen LogP contribution in [0.3, 0.4) is 0 Å². The predicted octanol–water partition coefficient (Wildman–Crippen LogP) is 4.37. The summed E-state index contributed by atoms with van der Waals surface area (Å²) in [5, 5.41) is 15.1. The fourth-order valence-electron chi connectivity index (χ4n) is 2.59. The number of para-hydroxylation sites is 1. The quantitative estimate of drug-likeness (QED) is 0.391. The summed E-state index contributed by atoms with van der Waals surface area (Å²) in [6.07, 6.45) is 0.632. The lowest BCUT2D eigenvalue weighted by molar-refractivity contribution is -0.116. The van der Waals surface area contributed by atoms with Gasteiger partial charge in [0.2, 0.25) is 17.0 Å². The van der Waals surface area contributed by atoms with Gasteiger partial charge in [-0.3, -0.25) is 9.89 Å². The van der Waals surface area contributed by atoms with Gasteiger partial charge in [0.1, 0.15) is 0 Å². The molecular weight excluding hydrogens is 424 g/mol. The zero-order valence-corrected chi connectivity index (χ0v) is 17.3. The molecule has 0 radical (unpaired) electrons. The highest BCUT2D eigenvalue weighted by Crippen LogP contribution is 2.22. The Kier molecular flexibility index (Phi) is 6.41. The topological polar surface area (TPSA) is 110 Å². The molecule has 1 amide bonds. The molecule has 0 spiro atoms. The van der Waals surface area contributed by atoms with E-state index >= 15 is 0 Å². The molecule has 0 unspecified atom stereocenters. The first-order valence-electron chi connectivity index (χ1n) is 9.13. The largest absolute Gasteiger partial charge is 0.339 e. The summed E-state index contributed by atoms with van der Waals surface area (Å²) in [6.45, 7) is 0. The van der Waals surface area contributed by atoms with Crippen LogP contribution in [-0.2, 0) is 17.0 Å². The Labute approximate surface area is 181 Å². The number of nitrogens with zero attached hydrogens (tertiary/aromatic N) is 4. The highest BCUT2D eigenvalue weighted by molar-refractivity contribution is 7.98. The van der Waals surface area contributed by atoms with Crippen LogP contribution in [0.25, 0.3) is 11.4 Å². The van der Waals surface area contributed by atoms with Gasteiger partial charge in [0, 0.05) is 29.1 Å². The van der Waals surface area contributed by atoms with Crippen LogP contribution >= 0.6 is 23.4 Å². The molecule has 152 valence electrons. The minimum Gasteiger partial charge on any atom is -0.339 e. The van der Waals surface area contributed by atoms with E-state index in [-0.39, 0.29) is 12.3 Å². The van der Waals surface area contributed by atoms with Crippen molar-refractivity contribution in [2.24, 2.45) is 0 Å². The molecule has 0 aliphatic heterocycles. The molecule has 10 heteroatoms. The number of nitrogens with one attached hydrogen (secondary N) is 2. The minimum absolute atomic E-state index is 0.106. The number of aromatic nitrogens is 5. The monoisotopic (exact) mass is 440 g/mol. The summed E-state index contributed by atoms with van der Waals surface area (Å²) in [5.74, 6) is 1.96. The Morgan fingerprint density at radius 3 is 2.70 bits per heavy atom. The van der Waals surface area contributed by atoms with Gasteiger partial charge < -0.3 is 9.84 Å². The predicted molar refractivity (Wildman–Crippen MR) is 114 cm³/mol. The van der Waals surface area contributed by atoms with Crippen molar-refractivity contribution in [3.8, 4) is 11.4 Å². The summed E-state index contributed by atoms with van der Waals surface area (Å²) in [4.78, 5) is 20.8. The second-order valence-corrected chi connectivity index (χ2v) is 7.66. The molecule has 8 nitrogen and oxygen atoms in total. The number of halogens is 1. The molecule has 0 fully saturated rings. The Morgan fingerprint density at radius 2 is 1.90 bits per heavy atom. The Balaban J connectivity index is 1.26.